The molecule has 0 atom stereocenters. The molecule has 1 aliphatic carbocycles. The maximum atomic E-state index is 6.65. The highest BCUT2D eigenvalue weighted by molar-refractivity contribution is 6.12. The number of para-hydroxylation sites is 1. The average Bonchev–Trinajstić information content (AvgIpc) is 3.80. The molecular formula is C51H39N3O2. The van der Waals surface area contributed by atoms with Crippen LogP contribution >= 0.6 is 0 Å². The molecule has 1 aliphatic rings. The fourth-order valence-electron chi connectivity index (χ4n) is 8.91. The number of hydrogen-bond donors (Lipinski definition) is 0. The van der Waals surface area contributed by atoms with Crippen LogP contribution in [0.5, 0.6) is 0 Å². The minimum absolute atomic E-state index is 0.141. The van der Waals surface area contributed by atoms with E-state index in [-0.39, 0.29) is 10.8 Å². The van der Waals surface area contributed by atoms with Crippen LogP contribution in [0.4, 0.5) is 0 Å². The van der Waals surface area contributed by atoms with E-state index in [0.29, 0.717) is 17.5 Å². The first-order chi connectivity index (χ1) is 27.2. The van der Waals surface area contributed by atoms with Crippen molar-refractivity contribution < 1.29 is 8.83 Å². The molecule has 0 radical (unpaired) electrons. The molecule has 0 bridgehead atoms. The van der Waals surface area contributed by atoms with Gasteiger partial charge in [0.05, 0.1) is 0 Å². The molecule has 56 heavy (non-hydrogen) atoms. The van der Waals surface area contributed by atoms with Gasteiger partial charge in [-0.3, -0.25) is 0 Å². The quantitative estimate of drug-likeness (QED) is 0.181. The predicted molar refractivity (Wildman–Crippen MR) is 229 cm³/mol. The lowest BCUT2D eigenvalue weighted by atomic mass is 9.63. The molecular weight excluding hydrogens is 687 g/mol. The summed E-state index contributed by atoms with van der Waals surface area (Å²) in [7, 11) is 0. The maximum absolute atomic E-state index is 6.65. The third-order valence-corrected chi connectivity index (χ3v) is 12.2. The summed E-state index contributed by atoms with van der Waals surface area (Å²) in [6.45, 7) is 9.51. The van der Waals surface area contributed by atoms with Crippen LogP contribution in [0.3, 0.4) is 0 Å². The zero-order valence-electron chi connectivity index (χ0n) is 31.9. The molecule has 11 rings (SSSR count). The summed E-state index contributed by atoms with van der Waals surface area (Å²) in [5, 5.41) is 6.45. The van der Waals surface area contributed by atoms with Crippen LogP contribution in [0.25, 0.3) is 99.9 Å². The van der Waals surface area contributed by atoms with E-state index in [0.717, 1.165) is 71.5 Å². The highest BCUT2D eigenvalue weighted by Crippen LogP contribution is 2.47. The van der Waals surface area contributed by atoms with Crippen molar-refractivity contribution in [3.8, 4) is 45.3 Å². The van der Waals surface area contributed by atoms with Gasteiger partial charge in [0.1, 0.15) is 22.3 Å². The zero-order valence-corrected chi connectivity index (χ0v) is 31.9. The first kappa shape index (κ1) is 32.8. The van der Waals surface area contributed by atoms with Crippen molar-refractivity contribution in [2.75, 3.05) is 0 Å². The Morgan fingerprint density at radius 1 is 0.411 bits per heavy atom. The summed E-state index contributed by atoms with van der Waals surface area (Å²) in [5.74, 6) is 1.76. The molecule has 5 nitrogen and oxygen atoms in total. The van der Waals surface area contributed by atoms with Crippen LogP contribution in [-0.4, -0.2) is 15.0 Å². The second-order valence-corrected chi connectivity index (χ2v) is 16.7. The zero-order chi connectivity index (χ0) is 37.8. The van der Waals surface area contributed by atoms with E-state index in [4.69, 9.17) is 23.8 Å². The molecule has 0 aliphatic heterocycles. The lowest BCUT2D eigenvalue weighted by Crippen LogP contribution is -2.33. The minimum Gasteiger partial charge on any atom is -0.456 e. The average molecular weight is 726 g/mol. The Labute approximate surface area is 324 Å². The Kier molecular flexibility index (Phi) is 7.00. The summed E-state index contributed by atoms with van der Waals surface area (Å²) in [6.07, 6.45) is 2.39. The van der Waals surface area contributed by atoms with Gasteiger partial charge in [-0.25, -0.2) is 15.0 Å². The summed E-state index contributed by atoms with van der Waals surface area (Å²) in [4.78, 5) is 15.4. The first-order valence-corrected chi connectivity index (χ1v) is 19.5. The number of furan rings is 2. The van der Waals surface area contributed by atoms with E-state index in [1.807, 2.05) is 30.3 Å². The van der Waals surface area contributed by atoms with Crippen molar-refractivity contribution in [2.45, 2.75) is 51.4 Å². The number of nitrogens with zero attached hydrogens (tertiary/aromatic N) is 3. The molecule has 5 heteroatoms. The summed E-state index contributed by atoms with van der Waals surface area (Å²) < 4.78 is 12.9. The van der Waals surface area contributed by atoms with Crippen molar-refractivity contribution in [3.63, 3.8) is 0 Å². The number of benzene rings is 7. The molecule has 0 amide bonds. The monoisotopic (exact) mass is 725 g/mol. The molecule has 3 aromatic heterocycles. The van der Waals surface area contributed by atoms with Gasteiger partial charge in [0, 0.05) is 38.2 Å². The van der Waals surface area contributed by atoms with Crippen LogP contribution in [0, 0.1) is 0 Å². The number of hydrogen-bond acceptors (Lipinski definition) is 5. The van der Waals surface area contributed by atoms with Gasteiger partial charge < -0.3 is 8.83 Å². The van der Waals surface area contributed by atoms with Gasteiger partial charge in [-0.05, 0) is 99.2 Å². The summed E-state index contributed by atoms with van der Waals surface area (Å²) in [6, 6.07) is 48.8. The number of aromatic nitrogens is 3. The van der Waals surface area contributed by atoms with Crippen molar-refractivity contribution in [1.29, 1.82) is 0 Å². The van der Waals surface area contributed by atoms with E-state index in [9.17, 15) is 0 Å². The van der Waals surface area contributed by atoms with Crippen LogP contribution in [-0.2, 0) is 10.8 Å². The lowest BCUT2D eigenvalue weighted by molar-refractivity contribution is 0.332. The standard InChI is InChI=1S/C51H39N3O2/c1-50(2)24-25-51(3,4)41-27-32(20-23-40(41)50)33-18-21-36-37-22-19-35(29-45(37)56-44(36)28-33)48-52-47(34-17-16-30-10-5-6-11-31(30)26-34)53-49(54-48)39-13-9-15-43-46(39)38-12-7-8-14-42(38)55-43/h5-23,26-29H,24-25H2,1-4H3. The van der Waals surface area contributed by atoms with Crippen molar-refractivity contribution in [1.82, 2.24) is 15.0 Å². The van der Waals surface area contributed by atoms with Crippen LogP contribution < -0.4 is 0 Å². The molecule has 0 N–H and O–H groups in total. The molecule has 10 aromatic rings. The number of fused-ring (bicyclic) bond motifs is 8. The molecule has 0 unspecified atom stereocenters. The molecule has 270 valence electrons. The van der Waals surface area contributed by atoms with Gasteiger partial charge in [-0.1, -0.05) is 125 Å². The smallest absolute Gasteiger partial charge is 0.164 e. The van der Waals surface area contributed by atoms with E-state index < -0.39 is 0 Å². The largest absolute Gasteiger partial charge is 0.456 e. The Morgan fingerprint density at radius 2 is 0.982 bits per heavy atom. The van der Waals surface area contributed by atoms with Gasteiger partial charge in [0.2, 0.25) is 0 Å². The molecule has 7 aromatic carbocycles. The van der Waals surface area contributed by atoms with E-state index in [1.165, 1.54) is 34.9 Å². The second-order valence-electron chi connectivity index (χ2n) is 16.7. The summed E-state index contributed by atoms with van der Waals surface area (Å²) in [5.41, 5.74) is 11.6. The van der Waals surface area contributed by atoms with Crippen LogP contribution in [0.2, 0.25) is 0 Å². The Bertz CT molecular complexity index is 3220. The van der Waals surface area contributed by atoms with Gasteiger partial charge in [0.15, 0.2) is 17.5 Å². The van der Waals surface area contributed by atoms with E-state index >= 15 is 0 Å². The highest BCUT2D eigenvalue weighted by atomic mass is 16.3. The lowest BCUT2D eigenvalue weighted by Gasteiger charge is -2.42. The summed E-state index contributed by atoms with van der Waals surface area (Å²) >= 11 is 0. The Morgan fingerprint density at radius 3 is 1.79 bits per heavy atom. The van der Waals surface area contributed by atoms with Crippen molar-refractivity contribution >= 4 is 54.6 Å². The Balaban J connectivity index is 1.05. The van der Waals surface area contributed by atoms with Gasteiger partial charge >= 0.3 is 0 Å². The maximum Gasteiger partial charge on any atom is 0.164 e. The molecule has 3 heterocycles. The Hall–Kier alpha value is -6.59. The SMILES string of the molecule is CC1(C)CCC(C)(C)c2cc(-c3ccc4c(c3)oc3cc(-c5nc(-c6ccc7ccccc7c6)nc(-c6cccc7oc8ccccc8c67)n5)ccc34)ccc21. The molecule has 0 spiro atoms. The van der Waals surface area contributed by atoms with E-state index in [2.05, 4.69) is 137 Å². The van der Waals surface area contributed by atoms with E-state index in [1.54, 1.807) is 0 Å². The third-order valence-electron chi connectivity index (χ3n) is 12.2. The predicted octanol–water partition coefficient (Wildman–Crippen LogP) is 13.8. The van der Waals surface area contributed by atoms with Crippen molar-refractivity contribution in [3.05, 3.63) is 151 Å². The second kappa shape index (κ2) is 12.0. The first-order valence-electron chi connectivity index (χ1n) is 19.5. The van der Waals surface area contributed by atoms with Gasteiger partial charge in [0.25, 0.3) is 0 Å². The van der Waals surface area contributed by atoms with Gasteiger partial charge in [-0.15, -0.1) is 0 Å². The van der Waals surface area contributed by atoms with Gasteiger partial charge in [-0.2, -0.15) is 0 Å². The third kappa shape index (κ3) is 5.18. The fraction of sp³-hybridized carbons (Fsp3) is 0.157. The van der Waals surface area contributed by atoms with Crippen LogP contribution in [0.15, 0.2) is 148 Å². The van der Waals surface area contributed by atoms with Crippen molar-refractivity contribution in [2.24, 2.45) is 0 Å². The fourth-order valence-corrected chi connectivity index (χ4v) is 8.91. The minimum atomic E-state index is 0.141. The normalized spacial score (nSPS) is 14.9. The number of rotatable bonds is 4. The topological polar surface area (TPSA) is 65.0 Å². The highest BCUT2D eigenvalue weighted by Gasteiger charge is 2.37. The molecule has 0 saturated carbocycles. The van der Waals surface area contributed by atoms with Crippen LogP contribution in [0.1, 0.15) is 51.7 Å². The molecule has 0 saturated heterocycles. The molecule has 0 fully saturated rings.